The van der Waals surface area contributed by atoms with Crippen molar-refractivity contribution >= 4 is 45.9 Å². The van der Waals surface area contributed by atoms with Crippen LogP contribution in [0, 0.1) is 34.9 Å². The number of nitrogens with zero attached hydrogens (tertiary/aromatic N) is 2. The lowest BCUT2D eigenvalue weighted by molar-refractivity contribution is -0.124. The van der Waals surface area contributed by atoms with Crippen molar-refractivity contribution in [1.29, 1.82) is 0 Å². The first-order valence-electron chi connectivity index (χ1n) is 22.7. The number of unbranched alkanes of at least 4 members (excludes halogenated alkanes) is 18. The van der Waals surface area contributed by atoms with Crippen molar-refractivity contribution in [2.45, 2.75) is 142 Å². The summed E-state index contributed by atoms with van der Waals surface area (Å²) in [5.41, 5.74) is 1.59. The van der Waals surface area contributed by atoms with Gasteiger partial charge in [-0.1, -0.05) is 129 Å². The van der Waals surface area contributed by atoms with Crippen molar-refractivity contribution in [1.82, 2.24) is 9.80 Å². The predicted octanol–water partition coefficient (Wildman–Crippen LogP) is 15.6. The number of carbonyl (C=O) groups excluding carboxylic acids is 2. The summed E-state index contributed by atoms with van der Waals surface area (Å²) in [6.07, 6.45) is 22.0. The van der Waals surface area contributed by atoms with Gasteiger partial charge in [-0.15, -0.1) is 22.7 Å². The third-order valence-corrected chi connectivity index (χ3v) is 14.1. The topological polar surface area (TPSA) is 40.6 Å². The molecule has 2 aromatic heterocycles. The van der Waals surface area contributed by atoms with Crippen molar-refractivity contribution in [3.05, 3.63) is 104 Å². The smallest absolute Gasteiger partial charge is 0.261 e. The zero-order chi connectivity index (χ0) is 44.2. The summed E-state index contributed by atoms with van der Waals surface area (Å²) < 4.78 is 85.3. The standard InChI is InChI=1S/C50H58F6N2O2S2/c1-3-5-7-9-11-13-15-17-19-21-27-57-47(41-25-23-39(61-41)33-29-35(51)45(55)36(52)30-33)43-44(49(57)59)48(42-26-24-40(62-42)34-31-37(53)46(56)38(54)32-34)58(50(43)60)28-22-20-18-16-14-12-10-8-6-4-2/h23-26,29-32H,3-22,27-28H2,1-2H3. The SMILES string of the molecule is CCCCCCCCCCCCN1C(=O)C2=C(c3ccc(-c4cc(F)c(F)c(F)c4)s3)N(CCCCCCCCCCCC)C(=O)C2=C1c1ccc(-c2cc(F)c(F)c(F)c2)s1. The maximum atomic E-state index is 14.9. The van der Waals surface area contributed by atoms with E-state index in [1.165, 1.54) is 64.2 Å². The fourth-order valence-electron chi connectivity index (χ4n) is 8.49. The van der Waals surface area contributed by atoms with Gasteiger partial charge >= 0.3 is 0 Å². The molecule has 2 aromatic carbocycles. The van der Waals surface area contributed by atoms with Gasteiger partial charge in [0.25, 0.3) is 11.8 Å². The second kappa shape index (κ2) is 23.0. The Kier molecular flexibility index (Phi) is 17.5. The van der Waals surface area contributed by atoms with E-state index in [0.717, 1.165) is 98.3 Å². The van der Waals surface area contributed by atoms with E-state index in [0.29, 0.717) is 56.8 Å². The maximum Gasteiger partial charge on any atom is 0.261 e. The van der Waals surface area contributed by atoms with Crippen LogP contribution < -0.4 is 0 Å². The van der Waals surface area contributed by atoms with Crippen LogP contribution in [0.1, 0.15) is 152 Å². The number of fused-ring (bicyclic) bond motifs is 1. The molecule has 2 aliphatic heterocycles. The zero-order valence-electron chi connectivity index (χ0n) is 36.0. The van der Waals surface area contributed by atoms with Gasteiger partial charge in [-0.25, -0.2) is 26.3 Å². The fraction of sp³-hybridized carbons (Fsp3) is 0.480. The first kappa shape index (κ1) is 47.3. The molecule has 0 bridgehead atoms. The quantitative estimate of drug-likeness (QED) is 0.0358. The Morgan fingerprint density at radius 3 is 0.984 bits per heavy atom. The van der Waals surface area contributed by atoms with Crippen LogP contribution >= 0.6 is 22.7 Å². The molecular weight excluding hydrogens is 839 g/mol. The van der Waals surface area contributed by atoms with E-state index in [-0.39, 0.29) is 34.1 Å². The number of halogens is 6. The average molecular weight is 897 g/mol. The molecule has 0 atom stereocenters. The summed E-state index contributed by atoms with van der Waals surface area (Å²) in [6, 6.07) is 10.5. The number of amides is 2. The minimum Gasteiger partial charge on any atom is -0.306 e. The van der Waals surface area contributed by atoms with Crippen molar-refractivity contribution in [3.8, 4) is 20.9 Å². The van der Waals surface area contributed by atoms with E-state index in [9.17, 15) is 35.9 Å². The minimum absolute atomic E-state index is 0.130. The summed E-state index contributed by atoms with van der Waals surface area (Å²) in [7, 11) is 0. The molecule has 4 aromatic rings. The summed E-state index contributed by atoms with van der Waals surface area (Å²) in [6.45, 7) is 5.09. The van der Waals surface area contributed by atoms with E-state index in [4.69, 9.17) is 0 Å². The molecule has 0 N–H and O–H groups in total. The second-order valence-electron chi connectivity index (χ2n) is 16.6. The monoisotopic (exact) mass is 896 g/mol. The van der Waals surface area contributed by atoms with Gasteiger partial charge < -0.3 is 9.80 Å². The largest absolute Gasteiger partial charge is 0.306 e. The van der Waals surface area contributed by atoms with Gasteiger partial charge in [-0.05, 0) is 72.5 Å². The molecule has 62 heavy (non-hydrogen) atoms. The zero-order valence-corrected chi connectivity index (χ0v) is 37.6. The van der Waals surface area contributed by atoms with Crippen LogP contribution in [0.5, 0.6) is 0 Å². The number of benzene rings is 2. The molecule has 12 heteroatoms. The van der Waals surface area contributed by atoms with Crippen LogP contribution in [0.25, 0.3) is 32.3 Å². The van der Waals surface area contributed by atoms with Crippen LogP contribution in [-0.2, 0) is 9.59 Å². The molecule has 2 amide bonds. The molecule has 0 unspecified atom stereocenters. The summed E-state index contributed by atoms with van der Waals surface area (Å²) in [5.74, 6) is -9.09. The van der Waals surface area contributed by atoms with E-state index < -0.39 is 34.9 Å². The van der Waals surface area contributed by atoms with E-state index in [1.54, 1.807) is 34.1 Å². The van der Waals surface area contributed by atoms with Crippen molar-refractivity contribution in [3.63, 3.8) is 0 Å². The van der Waals surface area contributed by atoms with Crippen LogP contribution in [0.3, 0.4) is 0 Å². The number of carbonyl (C=O) groups is 2. The number of rotatable bonds is 26. The fourth-order valence-corrected chi connectivity index (χ4v) is 10.6. The Hall–Kier alpha value is -4.16. The van der Waals surface area contributed by atoms with E-state index in [1.807, 2.05) is 0 Å². The molecule has 0 radical (unpaired) electrons. The van der Waals surface area contributed by atoms with Crippen LogP contribution in [0.15, 0.2) is 59.7 Å². The Morgan fingerprint density at radius 1 is 0.403 bits per heavy atom. The first-order chi connectivity index (χ1) is 30.0. The molecular formula is C50H58F6N2O2S2. The third-order valence-electron chi connectivity index (χ3n) is 11.9. The lowest BCUT2D eigenvalue weighted by Crippen LogP contribution is -2.30. The molecule has 6 rings (SSSR count). The van der Waals surface area contributed by atoms with Gasteiger partial charge in [0.1, 0.15) is 0 Å². The van der Waals surface area contributed by atoms with Gasteiger partial charge in [0, 0.05) is 22.8 Å². The molecule has 0 saturated carbocycles. The van der Waals surface area contributed by atoms with Crippen LogP contribution in [0.2, 0.25) is 0 Å². The second-order valence-corrected chi connectivity index (χ2v) is 18.7. The highest BCUT2D eigenvalue weighted by atomic mass is 32.1. The summed E-state index contributed by atoms with van der Waals surface area (Å²) in [5, 5.41) is 0. The minimum atomic E-state index is -1.56. The van der Waals surface area contributed by atoms with Gasteiger partial charge in [0.2, 0.25) is 0 Å². The third kappa shape index (κ3) is 11.3. The highest BCUT2D eigenvalue weighted by Gasteiger charge is 2.49. The van der Waals surface area contributed by atoms with Crippen molar-refractivity contribution in [2.24, 2.45) is 0 Å². The molecule has 4 nitrogen and oxygen atoms in total. The van der Waals surface area contributed by atoms with Gasteiger partial charge in [-0.3, -0.25) is 9.59 Å². The lowest BCUT2D eigenvalue weighted by atomic mass is 10.1. The van der Waals surface area contributed by atoms with Crippen molar-refractivity contribution < 1.29 is 35.9 Å². The number of hydrogen-bond acceptors (Lipinski definition) is 4. The number of hydrogen-bond donors (Lipinski definition) is 0. The first-order valence-corrected chi connectivity index (χ1v) is 24.3. The van der Waals surface area contributed by atoms with Crippen LogP contribution in [-0.4, -0.2) is 34.7 Å². The van der Waals surface area contributed by atoms with Gasteiger partial charge in [0.15, 0.2) is 34.9 Å². The Morgan fingerprint density at radius 2 is 0.677 bits per heavy atom. The normalized spacial score (nSPS) is 14.1. The molecule has 2 aliphatic rings. The molecule has 0 aliphatic carbocycles. The number of thiophene rings is 2. The average Bonchev–Trinajstić information content (AvgIpc) is 4.05. The van der Waals surface area contributed by atoms with Gasteiger partial charge in [-0.2, -0.15) is 0 Å². The highest BCUT2D eigenvalue weighted by molar-refractivity contribution is 7.17. The van der Waals surface area contributed by atoms with Gasteiger partial charge in [0.05, 0.1) is 32.3 Å². The Labute approximate surface area is 370 Å². The summed E-state index contributed by atoms with van der Waals surface area (Å²) in [4.78, 5) is 35.0. The highest BCUT2D eigenvalue weighted by Crippen LogP contribution is 2.50. The summed E-state index contributed by atoms with van der Waals surface area (Å²) >= 11 is 2.32. The molecule has 0 saturated heterocycles. The van der Waals surface area contributed by atoms with Crippen LogP contribution in [0.4, 0.5) is 26.3 Å². The maximum absolute atomic E-state index is 14.9. The Balaban J connectivity index is 1.32. The Bertz CT molecular complexity index is 2040. The van der Waals surface area contributed by atoms with Crippen molar-refractivity contribution in [2.75, 3.05) is 13.1 Å². The lowest BCUT2D eigenvalue weighted by Gasteiger charge is -2.24. The molecule has 334 valence electrons. The molecule has 0 spiro atoms. The van der Waals surface area contributed by atoms with E-state index >= 15 is 0 Å². The van der Waals surface area contributed by atoms with E-state index in [2.05, 4.69) is 13.8 Å². The molecule has 4 heterocycles. The predicted molar refractivity (Wildman–Crippen MR) is 240 cm³/mol. The molecule has 0 fully saturated rings.